The normalized spacial score (nSPS) is 14.8. The van der Waals surface area contributed by atoms with Crippen LogP contribution in [0.3, 0.4) is 0 Å². The molecule has 1 aromatic heterocycles. The fourth-order valence-electron chi connectivity index (χ4n) is 3.28. The Morgan fingerprint density at radius 2 is 1.69 bits per heavy atom. The molecule has 136 valence electrons. The summed E-state index contributed by atoms with van der Waals surface area (Å²) in [5, 5.41) is 2.99. The maximum atomic E-state index is 12.4. The van der Waals surface area contributed by atoms with Crippen LogP contribution >= 0.6 is 0 Å². The third-order valence-electron chi connectivity index (χ3n) is 4.90. The van der Waals surface area contributed by atoms with E-state index < -0.39 is 0 Å². The summed E-state index contributed by atoms with van der Waals surface area (Å²) in [4.78, 5) is 30.6. The fourth-order valence-corrected chi connectivity index (χ4v) is 3.28. The predicted octanol–water partition coefficient (Wildman–Crippen LogP) is 2.57. The van der Waals surface area contributed by atoms with Crippen LogP contribution in [0.4, 0.5) is 0 Å². The lowest BCUT2D eigenvalue weighted by Gasteiger charge is -2.31. The van der Waals surface area contributed by atoms with Gasteiger partial charge in [0.15, 0.2) is 0 Å². The highest BCUT2D eigenvalue weighted by atomic mass is 16.2. The van der Waals surface area contributed by atoms with E-state index in [0.29, 0.717) is 26.1 Å². The first kappa shape index (κ1) is 18.1. The van der Waals surface area contributed by atoms with Gasteiger partial charge in [-0.15, -0.1) is 0 Å². The van der Waals surface area contributed by atoms with Gasteiger partial charge in [0.1, 0.15) is 0 Å². The minimum absolute atomic E-state index is 0.00462. The Balaban J connectivity index is 1.39. The maximum absolute atomic E-state index is 12.4. The monoisotopic (exact) mass is 351 g/mol. The van der Waals surface area contributed by atoms with E-state index in [2.05, 4.69) is 10.3 Å². The highest BCUT2D eigenvalue weighted by Gasteiger charge is 2.26. The van der Waals surface area contributed by atoms with Crippen molar-refractivity contribution in [2.24, 2.45) is 5.92 Å². The van der Waals surface area contributed by atoms with Crippen molar-refractivity contribution >= 4 is 11.8 Å². The van der Waals surface area contributed by atoms with Gasteiger partial charge >= 0.3 is 0 Å². The average molecular weight is 351 g/mol. The van der Waals surface area contributed by atoms with Gasteiger partial charge in [-0.2, -0.15) is 0 Å². The van der Waals surface area contributed by atoms with Crippen LogP contribution in [0.1, 0.15) is 30.4 Å². The zero-order valence-electron chi connectivity index (χ0n) is 14.9. The van der Waals surface area contributed by atoms with Crippen molar-refractivity contribution in [1.82, 2.24) is 15.2 Å². The second kappa shape index (κ2) is 9.13. The van der Waals surface area contributed by atoms with Gasteiger partial charge in [0.25, 0.3) is 0 Å². The molecule has 3 rings (SSSR count). The van der Waals surface area contributed by atoms with Gasteiger partial charge < -0.3 is 10.2 Å². The van der Waals surface area contributed by atoms with Gasteiger partial charge in [-0.3, -0.25) is 14.6 Å². The van der Waals surface area contributed by atoms with Crippen molar-refractivity contribution in [3.05, 3.63) is 66.0 Å². The van der Waals surface area contributed by atoms with Crippen LogP contribution in [0.25, 0.3) is 0 Å². The summed E-state index contributed by atoms with van der Waals surface area (Å²) < 4.78 is 0. The van der Waals surface area contributed by atoms with Gasteiger partial charge in [-0.25, -0.2) is 0 Å². The van der Waals surface area contributed by atoms with E-state index in [0.717, 1.165) is 24.8 Å². The number of rotatable bonds is 6. The highest BCUT2D eigenvalue weighted by molar-refractivity contribution is 5.80. The Bertz CT molecular complexity index is 647. The van der Waals surface area contributed by atoms with Crippen LogP contribution in [0.15, 0.2) is 54.9 Å². The Morgan fingerprint density at radius 1 is 1.00 bits per heavy atom. The molecule has 1 N–H and O–H groups in total. The summed E-state index contributed by atoms with van der Waals surface area (Å²) >= 11 is 0. The Hall–Kier alpha value is -2.69. The van der Waals surface area contributed by atoms with Crippen molar-refractivity contribution in [1.29, 1.82) is 0 Å². The van der Waals surface area contributed by atoms with Crippen LogP contribution in [-0.2, 0) is 22.6 Å². The number of nitrogens with one attached hydrogen (secondary N) is 1. The topological polar surface area (TPSA) is 62.3 Å². The van der Waals surface area contributed by atoms with E-state index in [9.17, 15) is 9.59 Å². The minimum atomic E-state index is -0.00462. The summed E-state index contributed by atoms with van der Waals surface area (Å²) in [6.07, 6.45) is 6.22. The lowest BCUT2D eigenvalue weighted by molar-refractivity contribution is -0.135. The zero-order chi connectivity index (χ0) is 18.2. The third-order valence-corrected chi connectivity index (χ3v) is 4.90. The number of carbonyl (C=O) groups is 2. The van der Waals surface area contributed by atoms with Crippen molar-refractivity contribution in [2.75, 3.05) is 13.1 Å². The number of carbonyl (C=O) groups excluding carboxylic acids is 2. The molecular weight excluding hydrogens is 326 g/mol. The number of pyridine rings is 1. The number of benzene rings is 1. The number of amides is 2. The smallest absolute Gasteiger partial charge is 0.223 e. The van der Waals surface area contributed by atoms with Gasteiger partial charge in [0.2, 0.25) is 11.8 Å². The molecule has 0 bridgehead atoms. The summed E-state index contributed by atoms with van der Waals surface area (Å²) in [5.41, 5.74) is 2.23. The molecule has 1 aliphatic rings. The van der Waals surface area contributed by atoms with E-state index >= 15 is 0 Å². The maximum Gasteiger partial charge on any atom is 0.223 e. The van der Waals surface area contributed by atoms with E-state index in [1.165, 1.54) is 5.56 Å². The zero-order valence-corrected chi connectivity index (χ0v) is 14.9. The number of likely N-dealkylation sites (tertiary alicyclic amines) is 1. The number of hydrogen-bond acceptors (Lipinski definition) is 3. The van der Waals surface area contributed by atoms with E-state index in [4.69, 9.17) is 0 Å². The third kappa shape index (κ3) is 5.15. The van der Waals surface area contributed by atoms with E-state index in [-0.39, 0.29) is 17.7 Å². The molecule has 1 aliphatic heterocycles. The number of piperidine rings is 1. The minimum Gasteiger partial charge on any atom is -0.352 e. The van der Waals surface area contributed by atoms with Crippen molar-refractivity contribution in [2.45, 2.75) is 32.2 Å². The molecule has 0 radical (unpaired) electrons. The second-order valence-electron chi connectivity index (χ2n) is 6.71. The van der Waals surface area contributed by atoms with Crippen molar-refractivity contribution < 1.29 is 9.59 Å². The number of hydrogen-bond donors (Lipinski definition) is 1. The summed E-state index contributed by atoms with van der Waals surface area (Å²) in [6.45, 7) is 1.86. The molecule has 5 nitrogen and oxygen atoms in total. The summed E-state index contributed by atoms with van der Waals surface area (Å²) in [5.74, 6) is 0.262. The molecule has 5 heteroatoms. The fraction of sp³-hybridized carbons (Fsp3) is 0.381. The molecule has 1 saturated heterocycles. The van der Waals surface area contributed by atoms with Crippen LogP contribution < -0.4 is 5.32 Å². The first-order valence-electron chi connectivity index (χ1n) is 9.20. The van der Waals surface area contributed by atoms with E-state index in [1.54, 1.807) is 12.4 Å². The molecule has 0 aliphatic carbocycles. The summed E-state index contributed by atoms with van der Waals surface area (Å²) in [7, 11) is 0. The molecule has 2 amide bonds. The molecule has 26 heavy (non-hydrogen) atoms. The van der Waals surface area contributed by atoms with Gasteiger partial charge in [0, 0.05) is 44.4 Å². The second-order valence-corrected chi connectivity index (χ2v) is 6.71. The average Bonchev–Trinajstić information content (AvgIpc) is 2.72. The molecule has 2 heterocycles. The largest absolute Gasteiger partial charge is 0.352 e. The van der Waals surface area contributed by atoms with Crippen molar-refractivity contribution in [3.8, 4) is 0 Å². The molecule has 0 atom stereocenters. The molecule has 1 aromatic carbocycles. The number of aromatic nitrogens is 1. The van der Waals surface area contributed by atoms with Crippen molar-refractivity contribution in [3.63, 3.8) is 0 Å². The lowest BCUT2D eigenvalue weighted by atomic mass is 9.95. The van der Waals surface area contributed by atoms with Gasteiger partial charge in [-0.1, -0.05) is 30.3 Å². The Labute approximate surface area is 154 Å². The Kier molecular flexibility index (Phi) is 6.36. The van der Waals surface area contributed by atoms with Gasteiger partial charge in [0.05, 0.1) is 0 Å². The SMILES string of the molecule is O=C(NCc1ccncc1)C1CCN(C(=O)CCc2ccccc2)CC1. The first-order chi connectivity index (χ1) is 12.7. The Morgan fingerprint density at radius 3 is 2.38 bits per heavy atom. The quantitative estimate of drug-likeness (QED) is 0.870. The first-order valence-corrected chi connectivity index (χ1v) is 9.20. The van der Waals surface area contributed by atoms with Gasteiger partial charge in [-0.05, 0) is 42.5 Å². The van der Waals surface area contributed by atoms with Crippen LogP contribution in [0, 0.1) is 5.92 Å². The lowest BCUT2D eigenvalue weighted by Crippen LogP contribution is -2.43. The molecule has 0 unspecified atom stereocenters. The predicted molar refractivity (Wildman–Crippen MR) is 100 cm³/mol. The van der Waals surface area contributed by atoms with Crippen LogP contribution in [0.2, 0.25) is 0 Å². The molecule has 1 fully saturated rings. The molecular formula is C21H25N3O2. The highest BCUT2D eigenvalue weighted by Crippen LogP contribution is 2.18. The standard InChI is InChI=1S/C21H25N3O2/c25-20(7-6-17-4-2-1-3-5-17)24-14-10-19(11-15-24)21(26)23-16-18-8-12-22-13-9-18/h1-5,8-9,12-13,19H,6-7,10-11,14-16H2,(H,23,26). The van der Waals surface area contributed by atoms with E-state index in [1.807, 2.05) is 47.4 Å². The molecule has 2 aromatic rings. The molecule has 0 saturated carbocycles. The van der Waals surface area contributed by atoms with Crippen LogP contribution in [-0.4, -0.2) is 34.8 Å². The number of aryl methyl sites for hydroxylation is 1. The van der Waals surface area contributed by atoms with Crippen LogP contribution in [0.5, 0.6) is 0 Å². The number of nitrogens with zero attached hydrogens (tertiary/aromatic N) is 2. The molecule has 0 spiro atoms. The summed E-state index contributed by atoms with van der Waals surface area (Å²) in [6, 6.07) is 13.9.